The Balaban J connectivity index is 1.26. The lowest BCUT2D eigenvalue weighted by Crippen LogP contribution is -2.64. The fourth-order valence-corrected chi connectivity index (χ4v) is 3.98. The third-order valence-corrected chi connectivity index (χ3v) is 5.48. The maximum atomic E-state index is 6.14. The van der Waals surface area contributed by atoms with E-state index >= 15 is 0 Å². The molecule has 1 spiro atoms. The van der Waals surface area contributed by atoms with Crippen molar-refractivity contribution in [2.75, 3.05) is 33.4 Å². The molecule has 2 saturated heterocycles. The van der Waals surface area contributed by atoms with Crippen molar-refractivity contribution in [3.8, 4) is 5.75 Å². The lowest BCUT2D eigenvalue weighted by atomic mass is 9.81. The number of benzene rings is 1. The summed E-state index contributed by atoms with van der Waals surface area (Å²) >= 11 is 0. The summed E-state index contributed by atoms with van der Waals surface area (Å²) in [6, 6.07) is 12.3. The van der Waals surface area contributed by atoms with Gasteiger partial charge in [0.15, 0.2) is 0 Å². The van der Waals surface area contributed by atoms with Crippen LogP contribution in [0.5, 0.6) is 5.75 Å². The van der Waals surface area contributed by atoms with E-state index in [2.05, 4.69) is 22.0 Å². The molecule has 5 heteroatoms. The van der Waals surface area contributed by atoms with Gasteiger partial charge in [-0.1, -0.05) is 12.1 Å². The lowest BCUT2D eigenvalue weighted by Gasteiger charge is -2.50. The minimum absolute atomic E-state index is 0.00921. The first kappa shape index (κ1) is 17.5. The number of methoxy groups -OCH3 is 1. The van der Waals surface area contributed by atoms with Crippen molar-refractivity contribution >= 4 is 0 Å². The number of aromatic nitrogens is 1. The summed E-state index contributed by atoms with van der Waals surface area (Å²) in [7, 11) is 1.70. The van der Waals surface area contributed by atoms with Gasteiger partial charge in [-0.3, -0.25) is 9.88 Å². The van der Waals surface area contributed by atoms with Crippen LogP contribution in [0.4, 0.5) is 0 Å². The number of likely N-dealkylation sites (tertiary alicyclic amines) is 1. The molecule has 0 bridgehead atoms. The predicted octanol–water partition coefficient (Wildman–Crippen LogP) is 2.90. The van der Waals surface area contributed by atoms with Crippen LogP contribution in [0.2, 0.25) is 0 Å². The molecule has 1 aromatic carbocycles. The Bertz CT molecular complexity index is 699. The zero-order valence-electron chi connectivity index (χ0n) is 15.3. The van der Waals surface area contributed by atoms with E-state index in [0.29, 0.717) is 12.5 Å². The van der Waals surface area contributed by atoms with Crippen molar-refractivity contribution in [3.63, 3.8) is 0 Å². The van der Waals surface area contributed by atoms with E-state index in [1.54, 1.807) is 7.11 Å². The van der Waals surface area contributed by atoms with Crippen LogP contribution in [-0.2, 0) is 22.6 Å². The van der Waals surface area contributed by atoms with Crippen LogP contribution in [0.1, 0.15) is 17.5 Å². The van der Waals surface area contributed by atoms with Crippen molar-refractivity contribution < 1.29 is 14.2 Å². The summed E-state index contributed by atoms with van der Waals surface area (Å²) in [6.45, 7) is 5.19. The van der Waals surface area contributed by atoms with Gasteiger partial charge in [0, 0.05) is 44.6 Å². The topological polar surface area (TPSA) is 43.8 Å². The average molecular weight is 354 g/mol. The van der Waals surface area contributed by atoms with Crippen molar-refractivity contribution in [1.82, 2.24) is 9.88 Å². The molecule has 2 aromatic rings. The third kappa shape index (κ3) is 3.75. The van der Waals surface area contributed by atoms with Gasteiger partial charge in [-0.05, 0) is 41.8 Å². The molecule has 26 heavy (non-hydrogen) atoms. The molecule has 1 aromatic heterocycles. The normalized spacial score (nSPS) is 21.7. The average Bonchev–Trinajstić information content (AvgIpc) is 3.07. The van der Waals surface area contributed by atoms with Gasteiger partial charge in [0.2, 0.25) is 0 Å². The highest BCUT2D eigenvalue weighted by Gasteiger charge is 2.52. The Labute approximate surface area is 154 Å². The number of nitrogens with zero attached hydrogens (tertiary/aromatic N) is 2. The number of pyridine rings is 1. The second-order valence-corrected chi connectivity index (χ2v) is 7.26. The molecule has 0 amide bonds. The van der Waals surface area contributed by atoms with Crippen LogP contribution in [0.25, 0.3) is 0 Å². The Morgan fingerprint density at radius 3 is 2.62 bits per heavy atom. The highest BCUT2D eigenvalue weighted by atomic mass is 16.5. The molecule has 4 rings (SSSR count). The second-order valence-electron chi connectivity index (χ2n) is 7.26. The number of rotatable bonds is 7. The SMILES string of the molecule is COc1ccc(CN2CC3(C2)OCCC3COCc2ccncc2)cc1. The molecule has 1 unspecified atom stereocenters. The fourth-order valence-electron chi connectivity index (χ4n) is 3.98. The minimum Gasteiger partial charge on any atom is -0.497 e. The first-order valence-corrected chi connectivity index (χ1v) is 9.23. The van der Waals surface area contributed by atoms with Crippen molar-refractivity contribution in [2.24, 2.45) is 5.92 Å². The van der Waals surface area contributed by atoms with Crippen molar-refractivity contribution in [3.05, 3.63) is 59.9 Å². The molecule has 2 aliphatic heterocycles. The standard InChI is InChI=1S/C21H26N2O3/c1-24-20-4-2-17(3-5-20)12-23-15-21(16-23)19(8-11-26-21)14-25-13-18-6-9-22-10-7-18/h2-7,9-10,19H,8,11-16H2,1H3. The highest BCUT2D eigenvalue weighted by molar-refractivity contribution is 5.27. The van der Waals surface area contributed by atoms with E-state index in [1.807, 2.05) is 36.7 Å². The Morgan fingerprint density at radius 1 is 1.12 bits per heavy atom. The molecule has 0 N–H and O–H groups in total. The zero-order valence-corrected chi connectivity index (χ0v) is 15.3. The van der Waals surface area contributed by atoms with E-state index in [4.69, 9.17) is 14.2 Å². The Kier molecular flexibility index (Phi) is 5.20. The molecular formula is C21H26N2O3. The van der Waals surface area contributed by atoms with Crippen LogP contribution in [-0.4, -0.2) is 48.9 Å². The van der Waals surface area contributed by atoms with Crippen molar-refractivity contribution in [1.29, 1.82) is 0 Å². The first-order chi connectivity index (χ1) is 12.8. The first-order valence-electron chi connectivity index (χ1n) is 9.23. The maximum absolute atomic E-state index is 6.14. The predicted molar refractivity (Wildman–Crippen MR) is 99.0 cm³/mol. The molecule has 3 heterocycles. The molecule has 0 aliphatic carbocycles. The summed E-state index contributed by atoms with van der Waals surface area (Å²) in [5, 5.41) is 0. The van der Waals surface area contributed by atoms with E-state index in [1.165, 1.54) is 11.1 Å². The number of ether oxygens (including phenoxy) is 3. The molecule has 0 radical (unpaired) electrons. The highest BCUT2D eigenvalue weighted by Crippen LogP contribution is 2.40. The monoisotopic (exact) mass is 354 g/mol. The molecule has 2 aliphatic rings. The molecule has 138 valence electrons. The summed E-state index contributed by atoms with van der Waals surface area (Å²) < 4.78 is 17.3. The van der Waals surface area contributed by atoms with Crippen LogP contribution in [0.3, 0.4) is 0 Å². The van der Waals surface area contributed by atoms with Gasteiger partial charge in [0.1, 0.15) is 5.75 Å². The fraction of sp³-hybridized carbons (Fsp3) is 0.476. The van der Waals surface area contributed by atoms with Gasteiger partial charge >= 0.3 is 0 Å². The number of hydrogen-bond acceptors (Lipinski definition) is 5. The van der Waals surface area contributed by atoms with E-state index in [-0.39, 0.29) is 5.60 Å². The van der Waals surface area contributed by atoms with E-state index < -0.39 is 0 Å². The molecule has 0 saturated carbocycles. The summed E-state index contributed by atoms with van der Waals surface area (Å²) in [6.07, 6.45) is 4.70. The van der Waals surface area contributed by atoms with Gasteiger partial charge in [-0.15, -0.1) is 0 Å². The minimum atomic E-state index is -0.00921. The lowest BCUT2D eigenvalue weighted by molar-refractivity contribution is -0.146. The van der Waals surface area contributed by atoms with Crippen LogP contribution in [0.15, 0.2) is 48.8 Å². The van der Waals surface area contributed by atoms with Gasteiger partial charge in [-0.2, -0.15) is 0 Å². The van der Waals surface area contributed by atoms with E-state index in [9.17, 15) is 0 Å². The van der Waals surface area contributed by atoms with Crippen LogP contribution < -0.4 is 4.74 Å². The third-order valence-electron chi connectivity index (χ3n) is 5.48. The smallest absolute Gasteiger partial charge is 0.118 e. The summed E-state index contributed by atoms with van der Waals surface area (Å²) in [5.41, 5.74) is 2.47. The van der Waals surface area contributed by atoms with Gasteiger partial charge in [0.05, 0.1) is 25.9 Å². The quantitative estimate of drug-likeness (QED) is 0.765. The number of hydrogen-bond donors (Lipinski definition) is 0. The van der Waals surface area contributed by atoms with Crippen molar-refractivity contribution in [2.45, 2.75) is 25.2 Å². The Morgan fingerprint density at radius 2 is 1.88 bits per heavy atom. The van der Waals surface area contributed by atoms with Gasteiger partial charge in [-0.25, -0.2) is 0 Å². The summed E-state index contributed by atoms with van der Waals surface area (Å²) in [5.74, 6) is 1.39. The molecule has 2 fully saturated rings. The van der Waals surface area contributed by atoms with Crippen LogP contribution in [0, 0.1) is 5.92 Å². The second kappa shape index (κ2) is 7.74. The molecule has 1 atom stereocenters. The molecular weight excluding hydrogens is 328 g/mol. The van der Waals surface area contributed by atoms with E-state index in [0.717, 1.165) is 45.0 Å². The van der Waals surface area contributed by atoms with Gasteiger partial charge in [0.25, 0.3) is 0 Å². The summed E-state index contributed by atoms with van der Waals surface area (Å²) in [4.78, 5) is 6.49. The Hall–Kier alpha value is -1.95. The largest absolute Gasteiger partial charge is 0.497 e. The zero-order chi connectivity index (χ0) is 17.8. The van der Waals surface area contributed by atoms with Gasteiger partial charge < -0.3 is 14.2 Å². The molecule has 5 nitrogen and oxygen atoms in total. The maximum Gasteiger partial charge on any atom is 0.118 e. The van der Waals surface area contributed by atoms with Crippen LogP contribution >= 0.6 is 0 Å².